The van der Waals surface area contributed by atoms with Crippen molar-refractivity contribution in [1.82, 2.24) is 5.32 Å². The summed E-state index contributed by atoms with van der Waals surface area (Å²) < 4.78 is 5.42. The van der Waals surface area contributed by atoms with Crippen LogP contribution in [-0.4, -0.2) is 55.6 Å². The lowest BCUT2D eigenvalue weighted by Crippen LogP contribution is -2.38. The molecule has 1 aromatic rings. The van der Waals surface area contributed by atoms with Gasteiger partial charge in [0.2, 0.25) is 0 Å². The van der Waals surface area contributed by atoms with Gasteiger partial charge in [0.05, 0.1) is 36.6 Å². The van der Waals surface area contributed by atoms with Crippen LogP contribution in [0.3, 0.4) is 0 Å². The summed E-state index contributed by atoms with van der Waals surface area (Å²) in [5.41, 5.74) is 9.37. The van der Waals surface area contributed by atoms with Gasteiger partial charge >= 0.3 is 0 Å². The van der Waals surface area contributed by atoms with E-state index in [1.54, 1.807) is 13.1 Å². The molecular formula is C21H29N5O2. The molecule has 0 bridgehead atoms. The van der Waals surface area contributed by atoms with Crippen LogP contribution in [0.2, 0.25) is 0 Å². The van der Waals surface area contributed by atoms with E-state index >= 15 is 0 Å². The van der Waals surface area contributed by atoms with Crippen molar-refractivity contribution in [2.75, 3.05) is 37.7 Å². The highest BCUT2D eigenvalue weighted by atomic mass is 16.5. The van der Waals surface area contributed by atoms with Crippen molar-refractivity contribution in [2.45, 2.75) is 20.0 Å². The highest BCUT2D eigenvalue weighted by Crippen LogP contribution is 2.26. The average molecular weight is 383 g/mol. The fourth-order valence-electron chi connectivity index (χ4n) is 3.20. The molecule has 1 fully saturated rings. The van der Waals surface area contributed by atoms with Crippen molar-refractivity contribution in [3.63, 3.8) is 0 Å². The van der Waals surface area contributed by atoms with Gasteiger partial charge in [0.1, 0.15) is 5.84 Å². The summed E-state index contributed by atoms with van der Waals surface area (Å²) in [5.74, 6) is 0.783. The normalized spacial score (nSPS) is 22.9. The van der Waals surface area contributed by atoms with E-state index < -0.39 is 6.10 Å². The maximum Gasteiger partial charge on any atom is 0.111 e. The number of aliphatic hydroxyl groups is 1. The first-order chi connectivity index (χ1) is 13.6. The number of nitrogens with two attached hydrogens (primary N) is 1. The van der Waals surface area contributed by atoms with E-state index in [-0.39, 0.29) is 5.92 Å². The molecule has 28 heavy (non-hydrogen) atoms. The Morgan fingerprint density at radius 1 is 1.36 bits per heavy atom. The van der Waals surface area contributed by atoms with Gasteiger partial charge in [-0.05, 0) is 32.1 Å². The summed E-state index contributed by atoms with van der Waals surface area (Å²) in [7, 11) is 0. The first kappa shape index (κ1) is 20.1. The SMILES string of the molecule is CC1C(NC[C@H](C)O)=NC(c2ccc(N3CCOCC3)cc2)=C/C1=N/C=C\N. The Bertz CT molecular complexity index is 774. The Hall–Kier alpha value is -2.64. The molecule has 3 rings (SSSR count). The molecule has 4 N–H and O–H groups in total. The van der Waals surface area contributed by atoms with Gasteiger partial charge in [-0.15, -0.1) is 0 Å². The van der Waals surface area contributed by atoms with Gasteiger partial charge in [0.25, 0.3) is 0 Å². The zero-order valence-electron chi connectivity index (χ0n) is 16.5. The second kappa shape index (κ2) is 9.52. The van der Waals surface area contributed by atoms with Crippen LogP contribution in [0.5, 0.6) is 0 Å². The molecule has 0 aliphatic carbocycles. The predicted molar refractivity (Wildman–Crippen MR) is 114 cm³/mol. The van der Waals surface area contributed by atoms with E-state index in [2.05, 4.69) is 39.5 Å². The van der Waals surface area contributed by atoms with Crippen LogP contribution >= 0.6 is 0 Å². The van der Waals surface area contributed by atoms with Crippen molar-refractivity contribution < 1.29 is 9.84 Å². The minimum Gasteiger partial charge on any atom is -0.403 e. The number of hydrogen-bond donors (Lipinski definition) is 3. The third kappa shape index (κ3) is 4.99. The van der Waals surface area contributed by atoms with E-state index in [0.717, 1.165) is 49.1 Å². The molecule has 0 radical (unpaired) electrons. The number of rotatable bonds is 5. The Morgan fingerprint density at radius 2 is 2.07 bits per heavy atom. The van der Waals surface area contributed by atoms with Crippen molar-refractivity contribution in [2.24, 2.45) is 21.6 Å². The average Bonchev–Trinajstić information content (AvgIpc) is 2.73. The van der Waals surface area contributed by atoms with Crippen LogP contribution in [0, 0.1) is 5.92 Å². The zero-order valence-corrected chi connectivity index (χ0v) is 16.5. The summed E-state index contributed by atoms with van der Waals surface area (Å²) in [6.07, 6.45) is 4.53. The Labute approximate surface area is 166 Å². The minimum atomic E-state index is -0.457. The first-order valence-electron chi connectivity index (χ1n) is 9.68. The Kier molecular flexibility index (Phi) is 6.84. The molecule has 2 aliphatic heterocycles. The monoisotopic (exact) mass is 383 g/mol. The first-order valence-corrected chi connectivity index (χ1v) is 9.68. The highest BCUT2D eigenvalue weighted by molar-refractivity contribution is 6.18. The number of morpholine rings is 1. The quantitative estimate of drug-likeness (QED) is 0.720. The molecule has 7 nitrogen and oxygen atoms in total. The number of allylic oxidation sites excluding steroid dienone is 1. The van der Waals surface area contributed by atoms with E-state index in [0.29, 0.717) is 6.54 Å². The lowest BCUT2D eigenvalue weighted by Gasteiger charge is -2.29. The van der Waals surface area contributed by atoms with Gasteiger partial charge in [-0.1, -0.05) is 12.1 Å². The fourth-order valence-corrected chi connectivity index (χ4v) is 3.20. The van der Waals surface area contributed by atoms with Crippen LogP contribution < -0.4 is 16.0 Å². The number of nitrogens with one attached hydrogen (secondary N) is 1. The number of aliphatic imine (C=N–C) groups is 2. The van der Waals surface area contributed by atoms with Crippen LogP contribution in [-0.2, 0) is 4.74 Å². The smallest absolute Gasteiger partial charge is 0.111 e. The zero-order chi connectivity index (χ0) is 19.9. The van der Waals surface area contributed by atoms with Crippen LogP contribution in [0.25, 0.3) is 5.70 Å². The molecule has 2 aliphatic rings. The standard InChI is InChI=1S/C21H29N5O2/c1-15(27)14-24-21-16(2)19(23-8-7-22)13-20(25-21)17-3-5-18(6-4-17)26-9-11-28-12-10-26/h3-8,13,15-16,27H,9-12,14,22H2,1-2H3,(H,24,25)/b8-7-,23-19-/t15-,16?/m0/s1. The second-order valence-corrected chi connectivity index (χ2v) is 7.02. The number of benzene rings is 1. The van der Waals surface area contributed by atoms with Crippen molar-refractivity contribution >= 4 is 22.9 Å². The van der Waals surface area contributed by atoms with E-state index in [9.17, 15) is 5.11 Å². The maximum atomic E-state index is 9.61. The molecule has 2 atom stereocenters. The summed E-state index contributed by atoms with van der Waals surface area (Å²) in [6, 6.07) is 8.40. The van der Waals surface area contributed by atoms with E-state index in [1.165, 1.54) is 11.9 Å². The minimum absolute atomic E-state index is 0.00803. The molecule has 0 amide bonds. The maximum absolute atomic E-state index is 9.61. The molecule has 0 aromatic heterocycles. The number of ether oxygens (including phenoxy) is 1. The molecular weight excluding hydrogens is 354 g/mol. The number of aliphatic hydroxyl groups excluding tert-OH is 1. The van der Waals surface area contributed by atoms with Crippen LogP contribution in [0.4, 0.5) is 5.69 Å². The van der Waals surface area contributed by atoms with E-state index in [4.69, 9.17) is 15.5 Å². The third-order valence-corrected chi connectivity index (χ3v) is 4.81. The van der Waals surface area contributed by atoms with Gasteiger partial charge < -0.3 is 25.8 Å². The number of hydrogen-bond acceptors (Lipinski definition) is 7. The van der Waals surface area contributed by atoms with Gasteiger partial charge in [-0.3, -0.25) is 4.99 Å². The third-order valence-electron chi connectivity index (χ3n) is 4.81. The largest absolute Gasteiger partial charge is 0.403 e. The van der Waals surface area contributed by atoms with Gasteiger partial charge in [0.15, 0.2) is 0 Å². The number of nitrogens with zero attached hydrogens (tertiary/aromatic N) is 3. The molecule has 7 heteroatoms. The summed E-state index contributed by atoms with van der Waals surface area (Å²) >= 11 is 0. The molecule has 1 unspecified atom stereocenters. The second-order valence-electron chi connectivity index (χ2n) is 7.02. The summed E-state index contributed by atoms with van der Waals surface area (Å²) in [5, 5.41) is 12.9. The topological polar surface area (TPSA) is 95.5 Å². The van der Waals surface area contributed by atoms with Crippen LogP contribution in [0.1, 0.15) is 19.4 Å². The summed E-state index contributed by atoms with van der Waals surface area (Å²) in [4.78, 5) is 11.6. The van der Waals surface area contributed by atoms with Gasteiger partial charge in [-0.25, -0.2) is 4.99 Å². The number of anilines is 1. The van der Waals surface area contributed by atoms with E-state index in [1.807, 2.05) is 13.0 Å². The van der Waals surface area contributed by atoms with Crippen molar-refractivity contribution in [1.29, 1.82) is 0 Å². The predicted octanol–water partition coefficient (Wildman–Crippen LogP) is 1.75. The van der Waals surface area contributed by atoms with Gasteiger partial charge in [0, 0.05) is 43.3 Å². The van der Waals surface area contributed by atoms with Gasteiger partial charge in [-0.2, -0.15) is 0 Å². The Balaban J connectivity index is 1.86. The molecule has 0 saturated carbocycles. The van der Waals surface area contributed by atoms with Crippen LogP contribution in [0.15, 0.2) is 52.7 Å². The van der Waals surface area contributed by atoms with Crippen molar-refractivity contribution in [3.8, 4) is 0 Å². The molecule has 1 aromatic carbocycles. The molecule has 0 spiro atoms. The fraction of sp³-hybridized carbons (Fsp3) is 0.429. The number of amidine groups is 1. The Morgan fingerprint density at radius 3 is 2.71 bits per heavy atom. The lowest BCUT2D eigenvalue weighted by atomic mass is 9.97. The molecule has 2 heterocycles. The molecule has 150 valence electrons. The van der Waals surface area contributed by atoms with Crippen molar-refractivity contribution in [3.05, 3.63) is 48.3 Å². The molecule has 1 saturated heterocycles. The summed E-state index contributed by atoms with van der Waals surface area (Å²) in [6.45, 7) is 7.57. The highest BCUT2D eigenvalue weighted by Gasteiger charge is 2.22. The lowest BCUT2D eigenvalue weighted by molar-refractivity contribution is 0.122.